The minimum atomic E-state index is 1.15. The molecule has 0 aliphatic heterocycles. The van der Waals surface area contributed by atoms with Crippen molar-refractivity contribution in [2.24, 2.45) is 0 Å². The Morgan fingerprint density at radius 1 is 0.260 bits per heavy atom. The molecule has 0 fully saturated rings. The summed E-state index contributed by atoms with van der Waals surface area (Å²) in [5, 5.41) is 5.01. The molecule has 10 rings (SSSR count). The van der Waals surface area contributed by atoms with Crippen LogP contribution in [0.25, 0.3) is 88.4 Å². The number of hydrogen-bond donors (Lipinski definition) is 0. The molecule has 0 spiro atoms. The van der Waals surface area contributed by atoms with E-state index in [0.717, 1.165) is 11.4 Å². The van der Waals surface area contributed by atoms with Crippen LogP contribution >= 0.6 is 0 Å². The van der Waals surface area contributed by atoms with Crippen molar-refractivity contribution in [1.82, 2.24) is 9.13 Å². The summed E-state index contributed by atoms with van der Waals surface area (Å²) >= 11 is 0. The molecule has 0 unspecified atom stereocenters. The minimum Gasteiger partial charge on any atom is -0.309 e. The van der Waals surface area contributed by atoms with E-state index in [1.54, 1.807) is 0 Å². The topological polar surface area (TPSA) is 9.86 Å². The Hall–Kier alpha value is -6.64. The average molecular weight is 637 g/mol. The summed E-state index contributed by atoms with van der Waals surface area (Å²) in [5.41, 5.74) is 14.5. The zero-order valence-electron chi connectivity index (χ0n) is 27.4. The van der Waals surface area contributed by atoms with E-state index in [1.165, 1.54) is 77.0 Å². The molecule has 2 aromatic heterocycles. The van der Waals surface area contributed by atoms with E-state index in [2.05, 4.69) is 203 Å². The molecule has 0 saturated carbocycles. The fraction of sp³-hybridized carbons (Fsp3) is 0. The van der Waals surface area contributed by atoms with E-state index < -0.39 is 0 Å². The van der Waals surface area contributed by atoms with Crippen LogP contribution < -0.4 is 0 Å². The maximum absolute atomic E-state index is 2.44. The third-order valence-electron chi connectivity index (χ3n) is 10.1. The Morgan fingerprint density at radius 2 is 0.700 bits per heavy atom. The third-order valence-corrected chi connectivity index (χ3v) is 10.1. The van der Waals surface area contributed by atoms with Crippen LogP contribution in [0.1, 0.15) is 0 Å². The molecule has 0 radical (unpaired) electrons. The summed E-state index contributed by atoms with van der Waals surface area (Å²) < 4.78 is 4.84. The Bertz CT molecular complexity index is 2820. The quantitative estimate of drug-likeness (QED) is 0.178. The summed E-state index contributed by atoms with van der Waals surface area (Å²) in [6.45, 7) is 0. The van der Waals surface area contributed by atoms with Crippen LogP contribution in [0.15, 0.2) is 194 Å². The fourth-order valence-corrected chi connectivity index (χ4v) is 7.81. The second-order valence-electron chi connectivity index (χ2n) is 13.0. The highest BCUT2D eigenvalue weighted by atomic mass is 15.0. The standard InChI is InChI=1S/C48H32N2/c1-3-12-33(13-4-1)35-22-27-38(28-23-35)49-45-20-9-8-17-42(45)44-32-37(26-31-47(44)49)40-18-11-19-43-41-16-7-10-21-46(41)50(48(40)43)39-29-24-36(25-30-39)34-14-5-2-6-15-34/h1-32H. The number of nitrogens with zero attached hydrogens (tertiary/aromatic N) is 2. The highest BCUT2D eigenvalue weighted by Crippen LogP contribution is 2.41. The predicted molar refractivity (Wildman–Crippen MR) is 211 cm³/mol. The van der Waals surface area contributed by atoms with Crippen LogP contribution in [0.3, 0.4) is 0 Å². The number of hydrogen-bond acceptors (Lipinski definition) is 0. The van der Waals surface area contributed by atoms with Gasteiger partial charge in [0, 0.05) is 38.5 Å². The minimum absolute atomic E-state index is 1.15. The highest BCUT2D eigenvalue weighted by molar-refractivity contribution is 6.15. The number of benzene rings is 8. The summed E-state index contributed by atoms with van der Waals surface area (Å²) in [4.78, 5) is 0. The molecule has 0 aliphatic rings. The van der Waals surface area contributed by atoms with Gasteiger partial charge in [0.1, 0.15) is 0 Å². The van der Waals surface area contributed by atoms with Gasteiger partial charge in [0.2, 0.25) is 0 Å². The van der Waals surface area contributed by atoms with Crippen LogP contribution in [-0.4, -0.2) is 9.13 Å². The van der Waals surface area contributed by atoms with E-state index in [4.69, 9.17) is 0 Å². The first kappa shape index (κ1) is 28.4. The fourth-order valence-electron chi connectivity index (χ4n) is 7.81. The molecule has 0 atom stereocenters. The Balaban J connectivity index is 1.16. The maximum Gasteiger partial charge on any atom is 0.0619 e. The SMILES string of the molecule is c1ccc(-c2ccc(-n3c4ccccc4c4cc(-c5cccc6c7ccccc7n(-c7ccc(-c8ccccc8)cc7)c56)ccc43)cc2)cc1. The van der Waals surface area contributed by atoms with E-state index in [0.29, 0.717) is 0 Å². The molecule has 0 amide bonds. The zero-order chi connectivity index (χ0) is 33.0. The van der Waals surface area contributed by atoms with Crippen molar-refractivity contribution in [2.75, 3.05) is 0 Å². The van der Waals surface area contributed by atoms with Gasteiger partial charge in [0.25, 0.3) is 0 Å². The van der Waals surface area contributed by atoms with Crippen molar-refractivity contribution in [3.63, 3.8) is 0 Å². The van der Waals surface area contributed by atoms with Crippen LogP contribution in [0.2, 0.25) is 0 Å². The normalized spacial score (nSPS) is 11.6. The molecule has 2 heterocycles. The second kappa shape index (κ2) is 11.5. The number of aromatic nitrogens is 2. The molecular formula is C48H32N2. The third kappa shape index (κ3) is 4.50. The van der Waals surface area contributed by atoms with Crippen molar-refractivity contribution in [3.05, 3.63) is 194 Å². The molecule has 50 heavy (non-hydrogen) atoms. The number of para-hydroxylation sites is 3. The zero-order valence-corrected chi connectivity index (χ0v) is 27.4. The van der Waals surface area contributed by atoms with Gasteiger partial charge < -0.3 is 9.13 Å². The molecule has 0 N–H and O–H groups in total. The van der Waals surface area contributed by atoms with Gasteiger partial charge in [-0.25, -0.2) is 0 Å². The van der Waals surface area contributed by atoms with Gasteiger partial charge in [-0.05, 0) is 76.3 Å². The van der Waals surface area contributed by atoms with Crippen molar-refractivity contribution in [2.45, 2.75) is 0 Å². The Kier molecular flexibility index (Phi) is 6.53. The van der Waals surface area contributed by atoms with Crippen molar-refractivity contribution in [3.8, 4) is 44.8 Å². The molecule has 0 aliphatic carbocycles. The number of fused-ring (bicyclic) bond motifs is 6. The first-order chi connectivity index (χ1) is 24.8. The summed E-state index contributed by atoms with van der Waals surface area (Å²) in [7, 11) is 0. The second-order valence-corrected chi connectivity index (χ2v) is 13.0. The van der Waals surface area contributed by atoms with Gasteiger partial charge in [0.15, 0.2) is 0 Å². The maximum atomic E-state index is 2.44. The van der Waals surface area contributed by atoms with Crippen LogP contribution in [0.5, 0.6) is 0 Å². The molecule has 10 aromatic rings. The lowest BCUT2D eigenvalue weighted by Crippen LogP contribution is -1.96. The first-order valence-electron chi connectivity index (χ1n) is 17.2. The Labute approximate surface area is 290 Å². The van der Waals surface area contributed by atoms with Gasteiger partial charge >= 0.3 is 0 Å². The molecule has 2 heteroatoms. The van der Waals surface area contributed by atoms with Gasteiger partial charge in [-0.3, -0.25) is 0 Å². The summed E-state index contributed by atoms with van der Waals surface area (Å²) in [5.74, 6) is 0. The van der Waals surface area contributed by atoms with E-state index in [1.807, 2.05) is 0 Å². The van der Waals surface area contributed by atoms with Crippen molar-refractivity contribution < 1.29 is 0 Å². The van der Waals surface area contributed by atoms with Crippen LogP contribution in [0, 0.1) is 0 Å². The largest absolute Gasteiger partial charge is 0.309 e. The van der Waals surface area contributed by atoms with E-state index in [9.17, 15) is 0 Å². The lowest BCUT2D eigenvalue weighted by atomic mass is 9.99. The molecule has 8 aromatic carbocycles. The highest BCUT2D eigenvalue weighted by Gasteiger charge is 2.18. The molecule has 234 valence electrons. The first-order valence-corrected chi connectivity index (χ1v) is 17.2. The van der Waals surface area contributed by atoms with Crippen molar-refractivity contribution in [1.29, 1.82) is 0 Å². The van der Waals surface area contributed by atoms with Crippen LogP contribution in [-0.2, 0) is 0 Å². The molecule has 2 nitrogen and oxygen atoms in total. The number of rotatable bonds is 5. The van der Waals surface area contributed by atoms with E-state index >= 15 is 0 Å². The molecule has 0 saturated heterocycles. The van der Waals surface area contributed by atoms with Crippen LogP contribution in [0.4, 0.5) is 0 Å². The molecule has 0 bridgehead atoms. The summed E-state index contributed by atoms with van der Waals surface area (Å²) in [6, 6.07) is 70.4. The summed E-state index contributed by atoms with van der Waals surface area (Å²) in [6.07, 6.45) is 0. The van der Waals surface area contributed by atoms with E-state index in [-0.39, 0.29) is 0 Å². The lowest BCUT2D eigenvalue weighted by molar-refractivity contribution is 1.18. The van der Waals surface area contributed by atoms with Gasteiger partial charge in [-0.2, -0.15) is 0 Å². The van der Waals surface area contributed by atoms with Gasteiger partial charge in [0.05, 0.1) is 22.1 Å². The molecular weight excluding hydrogens is 605 g/mol. The van der Waals surface area contributed by atoms with Crippen molar-refractivity contribution >= 4 is 43.6 Å². The van der Waals surface area contributed by atoms with Gasteiger partial charge in [-0.15, -0.1) is 0 Å². The average Bonchev–Trinajstić information content (AvgIpc) is 3.71. The van der Waals surface area contributed by atoms with Gasteiger partial charge in [-0.1, -0.05) is 146 Å². The lowest BCUT2D eigenvalue weighted by Gasteiger charge is -2.13. The predicted octanol–water partition coefficient (Wildman–Crippen LogP) is 12.9. The monoisotopic (exact) mass is 636 g/mol. The Morgan fingerprint density at radius 3 is 1.32 bits per heavy atom. The smallest absolute Gasteiger partial charge is 0.0619 e.